The topological polar surface area (TPSA) is 75.4 Å². The van der Waals surface area contributed by atoms with Crippen LogP contribution in [0.2, 0.25) is 0 Å². The van der Waals surface area contributed by atoms with Crippen molar-refractivity contribution in [1.29, 1.82) is 0 Å². The summed E-state index contributed by atoms with van der Waals surface area (Å²) < 4.78 is 29.0. The van der Waals surface area contributed by atoms with Crippen molar-refractivity contribution in [2.75, 3.05) is 19.7 Å². The van der Waals surface area contributed by atoms with Crippen molar-refractivity contribution in [3.63, 3.8) is 0 Å². The summed E-state index contributed by atoms with van der Waals surface area (Å²) in [5, 5.41) is 13.3. The zero-order valence-corrected chi connectivity index (χ0v) is 13.9. The van der Waals surface area contributed by atoms with E-state index in [2.05, 4.69) is 5.10 Å². The molecule has 0 radical (unpaired) electrons. The lowest BCUT2D eigenvalue weighted by molar-refractivity contribution is 0.249. The Bertz CT molecular complexity index is 591. The monoisotopic (exact) mass is 315 g/mol. The van der Waals surface area contributed by atoms with Crippen molar-refractivity contribution >= 4 is 10.0 Å². The highest BCUT2D eigenvalue weighted by molar-refractivity contribution is 7.89. The molecule has 0 bridgehead atoms. The fraction of sp³-hybridized carbons (Fsp3) is 0.786. The fourth-order valence-electron chi connectivity index (χ4n) is 2.86. The molecule has 2 rings (SSSR count). The van der Waals surface area contributed by atoms with Crippen LogP contribution >= 0.6 is 0 Å². The van der Waals surface area contributed by atoms with Crippen LogP contribution in [0.4, 0.5) is 0 Å². The van der Waals surface area contributed by atoms with E-state index in [0.29, 0.717) is 41.8 Å². The third-order valence-electron chi connectivity index (χ3n) is 4.26. The smallest absolute Gasteiger partial charge is 0.246 e. The molecule has 1 heterocycles. The molecule has 0 atom stereocenters. The maximum Gasteiger partial charge on any atom is 0.246 e. The Morgan fingerprint density at radius 3 is 2.52 bits per heavy atom. The highest BCUT2D eigenvalue weighted by atomic mass is 32.2. The first kappa shape index (κ1) is 16.5. The van der Waals surface area contributed by atoms with E-state index in [-0.39, 0.29) is 6.61 Å². The van der Waals surface area contributed by atoms with Gasteiger partial charge in [-0.15, -0.1) is 0 Å². The minimum Gasteiger partial charge on any atom is -0.394 e. The minimum atomic E-state index is -3.51. The lowest BCUT2D eigenvalue weighted by Gasteiger charge is -2.31. The molecule has 0 spiro atoms. The summed E-state index contributed by atoms with van der Waals surface area (Å²) >= 11 is 0. The van der Waals surface area contributed by atoms with Crippen LogP contribution in [-0.2, 0) is 16.6 Å². The summed E-state index contributed by atoms with van der Waals surface area (Å²) in [6.07, 6.45) is 3.44. The molecule has 1 aliphatic rings. The van der Waals surface area contributed by atoms with Gasteiger partial charge in [0.25, 0.3) is 0 Å². The van der Waals surface area contributed by atoms with Crippen LogP contribution in [-0.4, -0.2) is 47.3 Å². The van der Waals surface area contributed by atoms with Gasteiger partial charge in [-0.05, 0) is 32.6 Å². The average Bonchev–Trinajstić information content (AvgIpc) is 2.63. The van der Waals surface area contributed by atoms with Gasteiger partial charge in [0.15, 0.2) is 0 Å². The highest BCUT2D eigenvalue weighted by Crippen LogP contribution is 2.30. The zero-order chi connectivity index (χ0) is 15.6. The number of sulfonamides is 1. The van der Waals surface area contributed by atoms with Gasteiger partial charge >= 0.3 is 0 Å². The molecule has 21 heavy (non-hydrogen) atoms. The Balaban J connectivity index is 2.32. The van der Waals surface area contributed by atoms with Crippen LogP contribution in [0, 0.1) is 19.8 Å². The molecule has 1 saturated carbocycles. The summed E-state index contributed by atoms with van der Waals surface area (Å²) in [5.41, 5.74) is 1.11. The number of aliphatic hydroxyl groups is 1. The van der Waals surface area contributed by atoms with Crippen LogP contribution in [0.25, 0.3) is 0 Å². The lowest BCUT2D eigenvalue weighted by Crippen LogP contribution is -2.37. The second kappa shape index (κ2) is 6.46. The van der Waals surface area contributed by atoms with Gasteiger partial charge in [0.2, 0.25) is 10.0 Å². The Morgan fingerprint density at radius 2 is 2.05 bits per heavy atom. The van der Waals surface area contributed by atoms with Crippen LogP contribution < -0.4 is 0 Å². The average molecular weight is 315 g/mol. The molecule has 6 nitrogen and oxygen atoms in total. The third-order valence-corrected chi connectivity index (χ3v) is 6.46. The van der Waals surface area contributed by atoms with Crippen LogP contribution in [0.5, 0.6) is 0 Å². The molecule has 1 fully saturated rings. The maximum absolute atomic E-state index is 12.9. The number of aryl methyl sites for hydroxylation is 1. The molecule has 1 N–H and O–H groups in total. The SMILES string of the molecule is CCN(CC1CCC1)S(=O)(=O)c1c(C)nn(CCO)c1C. The lowest BCUT2D eigenvalue weighted by atomic mass is 9.85. The number of hydrogen-bond acceptors (Lipinski definition) is 4. The Hall–Kier alpha value is -0.920. The molecule has 0 saturated heterocycles. The molecule has 0 aromatic carbocycles. The van der Waals surface area contributed by atoms with E-state index in [9.17, 15) is 8.42 Å². The number of rotatable bonds is 7. The van der Waals surface area contributed by atoms with Crippen LogP contribution in [0.15, 0.2) is 4.90 Å². The molecule has 1 aromatic rings. The van der Waals surface area contributed by atoms with Crippen molar-refractivity contribution < 1.29 is 13.5 Å². The maximum atomic E-state index is 12.9. The van der Waals surface area contributed by atoms with Crippen molar-refractivity contribution in [1.82, 2.24) is 14.1 Å². The van der Waals surface area contributed by atoms with E-state index in [1.165, 1.54) is 6.42 Å². The van der Waals surface area contributed by atoms with E-state index in [4.69, 9.17) is 5.11 Å². The number of aliphatic hydroxyl groups excluding tert-OH is 1. The zero-order valence-electron chi connectivity index (χ0n) is 13.0. The molecule has 0 amide bonds. The van der Waals surface area contributed by atoms with Crippen molar-refractivity contribution in [2.24, 2.45) is 5.92 Å². The van der Waals surface area contributed by atoms with Gasteiger partial charge in [0.05, 0.1) is 24.5 Å². The number of hydrogen-bond donors (Lipinski definition) is 1. The van der Waals surface area contributed by atoms with Crippen molar-refractivity contribution in [3.05, 3.63) is 11.4 Å². The van der Waals surface area contributed by atoms with E-state index in [0.717, 1.165) is 12.8 Å². The molecule has 7 heteroatoms. The summed E-state index contributed by atoms with van der Waals surface area (Å²) in [5.74, 6) is 0.493. The van der Waals surface area contributed by atoms with E-state index in [1.807, 2.05) is 6.92 Å². The summed E-state index contributed by atoms with van der Waals surface area (Å²) in [6, 6.07) is 0. The van der Waals surface area contributed by atoms with Crippen molar-refractivity contribution in [2.45, 2.75) is 51.5 Å². The molecular formula is C14H25N3O3S. The van der Waals surface area contributed by atoms with Gasteiger partial charge in [0, 0.05) is 13.1 Å². The highest BCUT2D eigenvalue weighted by Gasteiger charge is 2.32. The standard InChI is InChI=1S/C14H25N3O3S/c1-4-16(10-13-6-5-7-13)21(19,20)14-11(2)15-17(8-9-18)12(14)3/h13,18H,4-10H2,1-3H3. The summed E-state index contributed by atoms with van der Waals surface area (Å²) in [7, 11) is -3.51. The molecule has 1 aliphatic carbocycles. The van der Waals surface area contributed by atoms with Gasteiger partial charge in [-0.25, -0.2) is 8.42 Å². The van der Waals surface area contributed by atoms with E-state index < -0.39 is 10.0 Å². The minimum absolute atomic E-state index is 0.0545. The number of nitrogens with zero attached hydrogens (tertiary/aromatic N) is 3. The Morgan fingerprint density at radius 1 is 1.38 bits per heavy atom. The van der Waals surface area contributed by atoms with E-state index >= 15 is 0 Å². The van der Waals surface area contributed by atoms with Gasteiger partial charge in [-0.2, -0.15) is 9.40 Å². The van der Waals surface area contributed by atoms with Crippen LogP contribution in [0.3, 0.4) is 0 Å². The largest absolute Gasteiger partial charge is 0.394 e. The Labute approximate surface area is 126 Å². The molecule has 1 aromatic heterocycles. The van der Waals surface area contributed by atoms with Crippen molar-refractivity contribution in [3.8, 4) is 0 Å². The first-order valence-electron chi connectivity index (χ1n) is 7.56. The number of aromatic nitrogens is 2. The predicted molar refractivity (Wildman–Crippen MR) is 80.6 cm³/mol. The van der Waals surface area contributed by atoms with Gasteiger partial charge in [0.1, 0.15) is 4.90 Å². The van der Waals surface area contributed by atoms with E-state index in [1.54, 1.807) is 22.8 Å². The molecule has 0 unspecified atom stereocenters. The Kier molecular flexibility index (Phi) is 5.06. The second-order valence-corrected chi connectivity index (χ2v) is 7.57. The quantitative estimate of drug-likeness (QED) is 0.823. The molecule has 0 aliphatic heterocycles. The first-order valence-corrected chi connectivity index (χ1v) is 9.00. The first-order chi connectivity index (χ1) is 9.91. The fourth-order valence-corrected chi connectivity index (χ4v) is 4.75. The van der Waals surface area contributed by atoms with Gasteiger partial charge in [-0.1, -0.05) is 13.3 Å². The molecular weight excluding hydrogens is 290 g/mol. The molecule has 120 valence electrons. The summed E-state index contributed by atoms with van der Waals surface area (Å²) in [6.45, 7) is 6.67. The third kappa shape index (κ3) is 3.14. The normalized spacial score (nSPS) is 16.4. The van der Waals surface area contributed by atoms with Gasteiger partial charge in [-0.3, -0.25) is 4.68 Å². The van der Waals surface area contributed by atoms with Crippen LogP contribution in [0.1, 0.15) is 37.6 Å². The summed E-state index contributed by atoms with van der Waals surface area (Å²) in [4.78, 5) is 0.303. The predicted octanol–water partition coefficient (Wildman–Crippen LogP) is 1.30. The second-order valence-electron chi connectivity index (χ2n) is 5.70. The van der Waals surface area contributed by atoms with Gasteiger partial charge < -0.3 is 5.11 Å².